The van der Waals surface area contributed by atoms with Gasteiger partial charge < -0.3 is 5.32 Å². The van der Waals surface area contributed by atoms with E-state index in [1.54, 1.807) is 17.1 Å². The highest BCUT2D eigenvalue weighted by atomic mass is 16.1. The fourth-order valence-corrected chi connectivity index (χ4v) is 2.36. The molecule has 0 unspecified atom stereocenters. The Morgan fingerprint density at radius 2 is 1.96 bits per heavy atom. The van der Waals surface area contributed by atoms with E-state index < -0.39 is 0 Å². The Bertz CT molecular complexity index is 807. The third-order valence-electron chi connectivity index (χ3n) is 3.74. The van der Waals surface area contributed by atoms with Gasteiger partial charge >= 0.3 is 0 Å². The molecule has 5 heteroatoms. The number of rotatable bonds is 4. The maximum atomic E-state index is 12.4. The zero-order chi connectivity index (χ0) is 16.2. The van der Waals surface area contributed by atoms with Crippen molar-refractivity contribution in [2.75, 3.05) is 5.32 Å². The third kappa shape index (κ3) is 3.13. The van der Waals surface area contributed by atoms with Gasteiger partial charge in [-0.1, -0.05) is 25.1 Å². The minimum Gasteiger partial charge on any atom is -0.322 e. The quantitative estimate of drug-likeness (QED) is 0.803. The molecule has 0 radical (unpaired) electrons. The monoisotopic (exact) mass is 306 g/mol. The fraction of sp³-hybridized carbons (Fsp3) is 0.167. The van der Waals surface area contributed by atoms with Crippen molar-refractivity contribution >= 4 is 11.6 Å². The molecule has 0 aliphatic heterocycles. The van der Waals surface area contributed by atoms with Crippen LogP contribution in [-0.4, -0.2) is 20.7 Å². The highest BCUT2D eigenvalue weighted by Gasteiger charge is 2.15. The molecule has 1 N–H and O–H groups in total. The van der Waals surface area contributed by atoms with Crippen LogP contribution >= 0.6 is 0 Å². The van der Waals surface area contributed by atoms with E-state index in [1.165, 1.54) is 5.56 Å². The van der Waals surface area contributed by atoms with Crippen LogP contribution in [-0.2, 0) is 6.42 Å². The van der Waals surface area contributed by atoms with Crippen molar-refractivity contribution in [2.24, 2.45) is 0 Å². The first-order valence-corrected chi connectivity index (χ1v) is 7.55. The molecule has 1 aromatic carbocycles. The predicted octanol–water partition coefficient (Wildman–Crippen LogP) is 3.39. The minimum absolute atomic E-state index is 0.172. The average molecular weight is 306 g/mol. The molecule has 0 aliphatic rings. The van der Waals surface area contributed by atoms with Crippen LogP contribution in [0.25, 0.3) is 5.82 Å². The van der Waals surface area contributed by atoms with Gasteiger partial charge in [-0.15, -0.1) is 0 Å². The van der Waals surface area contributed by atoms with Gasteiger partial charge in [0, 0.05) is 11.9 Å². The van der Waals surface area contributed by atoms with E-state index in [2.05, 4.69) is 22.3 Å². The Balaban J connectivity index is 1.81. The molecule has 3 aromatic rings. The molecule has 2 heterocycles. The largest absolute Gasteiger partial charge is 0.322 e. The topological polar surface area (TPSA) is 59.8 Å². The highest BCUT2D eigenvalue weighted by Crippen LogP contribution is 2.15. The fourth-order valence-electron chi connectivity index (χ4n) is 2.36. The van der Waals surface area contributed by atoms with Gasteiger partial charge in [0.25, 0.3) is 5.91 Å². The molecule has 0 bridgehead atoms. The summed E-state index contributed by atoms with van der Waals surface area (Å²) < 4.78 is 1.66. The smallest absolute Gasteiger partial charge is 0.259 e. The summed E-state index contributed by atoms with van der Waals surface area (Å²) in [5.74, 6) is 0.519. The van der Waals surface area contributed by atoms with Crippen molar-refractivity contribution < 1.29 is 4.79 Å². The van der Waals surface area contributed by atoms with Gasteiger partial charge in [0.2, 0.25) is 0 Å². The number of hydrogen-bond acceptors (Lipinski definition) is 3. The molecule has 2 aromatic heterocycles. The summed E-state index contributed by atoms with van der Waals surface area (Å²) in [6.45, 7) is 3.96. The van der Waals surface area contributed by atoms with Gasteiger partial charge in [-0.25, -0.2) is 9.67 Å². The second-order valence-electron chi connectivity index (χ2n) is 5.25. The van der Waals surface area contributed by atoms with Crippen LogP contribution in [0.4, 0.5) is 5.69 Å². The summed E-state index contributed by atoms with van der Waals surface area (Å²) in [6, 6.07) is 13.4. The van der Waals surface area contributed by atoms with Crippen molar-refractivity contribution in [2.45, 2.75) is 20.3 Å². The molecule has 0 atom stereocenters. The van der Waals surface area contributed by atoms with Gasteiger partial charge in [0.15, 0.2) is 5.82 Å². The molecule has 1 amide bonds. The molecule has 23 heavy (non-hydrogen) atoms. The Hall–Kier alpha value is -2.95. The van der Waals surface area contributed by atoms with Gasteiger partial charge in [-0.3, -0.25) is 4.79 Å². The first-order valence-electron chi connectivity index (χ1n) is 7.55. The zero-order valence-electron chi connectivity index (χ0n) is 13.2. The lowest BCUT2D eigenvalue weighted by atomic mass is 10.1. The number of anilines is 1. The van der Waals surface area contributed by atoms with Crippen molar-refractivity contribution in [1.29, 1.82) is 0 Å². The van der Waals surface area contributed by atoms with Crippen LogP contribution in [0.3, 0.4) is 0 Å². The first-order chi connectivity index (χ1) is 11.2. The molecule has 0 spiro atoms. The van der Waals surface area contributed by atoms with Gasteiger partial charge in [0.05, 0.1) is 17.5 Å². The summed E-state index contributed by atoms with van der Waals surface area (Å²) >= 11 is 0. The standard InChI is InChI=1S/C18H18N4O/c1-3-14-7-9-15(10-8-14)21-18(23)16-12-20-22(13(16)2)17-6-4-5-11-19-17/h4-12H,3H2,1-2H3,(H,21,23). The maximum Gasteiger partial charge on any atom is 0.259 e. The molecule has 0 saturated heterocycles. The van der Waals surface area contributed by atoms with Crippen molar-refractivity contribution in [1.82, 2.24) is 14.8 Å². The minimum atomic E-state index is -0.172. The molecular weight excluding hydrogens is 288 g/mol. The molecule has 116 valence electrons. The Morgan fingerprint density at radius 1 is 1.17 bits per heavy atom. The number of carbonyl (C=O) groups is 1. The molecule has 0 saturated carbocycles. The number of pyridine rings is 1. The number of amides is 1. The SMILES string of the molecule is CCc1ccc(NC(=O)c2cnn(-c3ccccn3)c2C)cc1. The molecule has 5 nitrogen and oxygen atoms in total. The molecule has 0 aliphatic carbocycles. The van der Waals surface area contributed by atoms with Crippen molar-refractivity contribution in [3.63, 3.8) is 0 Å². The van der Waals surface area contributed by atoms with E-state index in [0.717, 1.165) is 17.8 Å². The highest BCUT2D eigenvalue weighted by molar-refractivity contribution is 6.04. The Labute approximate surface area is 135 Å². The van der Waals surface area contributed by atoms with Gasteiger partial charge in [-0.05, 0) is 43.2 Å². The lowest BCUT2D eigenvalue weighted by molar-refractivity contribution is 0.102. The Kier molecular flexibility index (Phi) is 4.19. The average Bonchev–Trinajstić information content (AvgIpc) is 2.98. The summed E-state index contributed by atoms with van der Waals surface area (Å²) in [4.78, 5) is 16.7. The van der Waals surface area contributed by atoms with E-state index >= 15 is 0 Å². The van der Waals surface area contributed by atoms with E-state index in [4.69, 9.17) is 0 Å². The summed E-state index contributed by atoms with van der Waals surface area (Å²) in [7, 11) is 0. The van der Waals surface area contributed by atoms with Crippen molar-refractivity contribution in [3.8, 4) is 5.82 Å². The number of benzene rings is 1. The van der Waals surface area contributed by atoms with E-state index in [-0.39, 0.29) is 5.91 Å². The van der Waals surface area contributed by atoms with Crippen LogP contribution in [0.1, 0.15) is 28.5 Å². The number of hydrogen-bond donors (Lipinski definition) is 1. The molecular formula is C18H18N4O. The first kappa shape index (κ1) is 15.0. The van der Waals surface area contributed by atoms with E-state index in [1.807, 2.05) is 49.4 Å². The second kappa shape index (κ2) is 6.44. The Morgan fingerprint density at radius 3 is 2.61 bits per heavy atom. The van der Waals surface area contributed by atoms with Gasteiger partial charge in [0.1, 0.15) is 0 Å². The lowest BCUT2D eigenvalue weighted by Gasteiger charge is -2.06. The van der Waals surface area contributed by atoms with Crippen LogP contribution in [0, 0.1) is 6.92 Å². The molecule has 3 rings (SSSR count). The van der Waals surface area contributed by atoms with Gasteiger partial charge in [-0.2, -0.15) is 5.10 Å². The summed E-state index contributed by atoms with van der Waals surface area (Å²) in [5, 5.41) is 7.17. The summed E-state index contributed by atoms with van der Waals surface area (Å²) in [6.07, 6.45) is 4.25. The number of carbonyl (C=O) groups excluding carboxylic acids is 1. The third-order valence-corrected chi connectivity index (χ3v) is 3.74. The molecule has 0 fully saturated rings. The zero-order valence-corrected chi connectivity index (χ0v) is 13.2. The van der Waals surface area contributed by atoms with Crippen LogP contribution < -0.4 is 5.32 Å². The normalized spacial score (nSPS) is 10.5. The number of aryl methyl sites for hydroxylation is 1. The number of nitrogens with zero attached hydrogens (tertiary/aromatic N) is 3. The van der Waals surface area contributed by atoms with E-state index in [0.29, 0.717) is 11.4 Å². The van der Waals surface area contributed by atoms with Crippen LogP contribution in [0.15, 0.2) is 54.9 Å². The second-order valence-corrected chi connectivity index (χ2v) is 5.25. The number of aromatic nitrogens is 3. The maximum absolute atomic E-state index is 12.4. The predicted molar refractivity (Wildman–Crippen MR) is 89.9 cm³/mol. The number of nitrogens with one attached hydrogen (secondary N) is 1. The van der Waals surface area contributed by atoms with Crippen LogP contribution in [0.2, 0.25) is 0 Å². The van der Waals surface area contributed by atoms with Crippen LogP contribution in [0.5, 0.6) is 0 Å². The van der Waals surface area contributed by atoms with E-state index in [9.17, 15) is 4.79 Å². The summed E-state index contributed by atoms with van der Waals surface area (Å²) in [5.41, 5.74) is 3.31. The van der Waals surface area contributed by atoms with Crippen molar-refractivity contribution in [3.05, 3.63) is 71.7 Å². The lowest BCUT2D eigenvalue weighted by Crippen LogP contribution is -2.13.